The van der Waals surface area contributed by atoms with E-state index in [1.807, 2.05) is 11.6 Å². The summed E-state index contributed by atoms with van der Waals surface area (Å²) >= 11 is 6.17. The maximum atomic E-state index is 6.17. The number of nitrogens with zero attached hydrogens (tertiary/aromatic N) is 5. The molecule has 0 radical (unpaired) electrons. The van der Waals surface area contributed by atoms with E-state index < -0.39 is 0 Å². The summed E-state index contributed by atoms with van der Waals surface area (Å²) in [5.41, 5.74) is 3.06. The van der Waals surface area contributed by atoms with Crippen LogP contribution in [0.25, 0.3) is 11.2 Å². The van der Waals surface area contributed by atoms with Crippen molar-refractivity contribution in [2.45, 2.75) is 46.2 Å². The van der Waals surface area contributed by atoms with Crippen LogP contribution in [0.3, 0.4) is 0 Å². The maximum Gasteiger partial charge on any atom is 0.159 e. The largest absolute Gasteiger partial charge is 0.307 e. The molecule has 0 bridgehead atoms. The Hall–Kier alpha value is -1.07. The summed E-state index contributed by atoms with van der Waals surface area (Å²) < 4.78 is 4.34. The van der Waals surface area contributed by atoms with Crippen LogP contribution in [0.5, 0.6) is 0 Å². The molecule has 21 heavy (non-hydrogen) atoms. The summed E-state index contributed by atoms with van der Waals surface area (Å²) in [6.45, 7) is 10.4. The van der Waals surface area contributed by atoms with Crippen LogP contribution >= 0.6 is 11.6 Å². The Kier molecular flexibility index (Phi) is 4.94. The molecule has 2 heterocycles. The second-order valence-corrected chi connectivity index (χ2v) is 6.45. The Labute approximate surface area is 131 Å². The number of fused-ring (bicyclic) bond motifs is 1. The highest BCUT2D eigenvalue weighted by Crippen LogP contribution is 2.29. The standard InChI is InChI=1S/C15H26ClN5/c1-7-20-15-14(11(4)18-20)17-13(8-16)21(15)12(10(2)3)9-19(5)6/h10,12H,7-9H2,1-6H3. The molecule has 0 fully saturated rings. The monoisotopic (exact) mass is 311 g/mol. The minimum atomic E-state index is 0.333. The zero-order chi connectivity index (χ0) is 15.7. The van der Waals surface area contributed by atoms with Crippen molar-refractivity contribution in [3.8, 4) is 0 Å². The molecule has 0 spiro atoms. The topological polar surface area (TPSA) is 38.9 Å². The Balaban J connectivity index is 2.68. The number of likely N-dealkylation sites (N-methyl/N-ethyl adjacent to an activating group) is 1. The van der Waals surface area contributed by atoms with Crippen LogP contribution in [0.4, 0.5) is 0 Å². The van der Waals surface area contributed by atoms with Crippen molar-refractivity contribution < 1.29 is 0 Å². The van der Waals surface area contributed by atoms with E-state index in [9.17, 15) is 0 Å². The first kappa shape index (κ1) is 16.3. The first-order valence-electron chi connectivity index (χ1n) is 7.55. The smallest absolute Gasteiger partial charge is 0.159 e. The molecule has 0 aromatic carbocycles. The Morgan fingerprint density at radius 1 is 1.29 bits per heavy atom. The number of imidazole rings is 1. The average molecular weight is 312 g/mol. The average Bonchev–Trinajstić information content (AvgIpc) is 2.93. The molecule has 0 amide bonds. The number of alkyl halides is 1. The molecule has 6 heteroatoms. The van der Waals surface area contributed by atoms with Crippen LogP contribution in [0.2, 0.25) is 0 Å². The first-order valence-corrected chi connectivity index (χ1v) is 8.09. The first-order chi connectivity index (χ1) is 9.90. The molecule has 2 aromatic heterocycles. The molecule has 0 saturated heterocycles. The fraction of sp³-hybridized carbons (Fsp3) is 0.733. The van der Waals surface area contributed by atoms with Gasteiger partial charge in [-0.25, -0.2) is 9.67 Å². The summed E-state index contributed by atoms with van der Waals surface area (Å²) in [5, 5.41) is 4.60. The van der Waals surface area contributed by atoms with Gasteiger partial charge in [-0.05, 0) is 33.9 Å². The van der Waals surface area contributed by atoms with Gasteiger partial charge < -0.3 is 9.47 Å². The SMILES string of the molecule is CCn1nc(C)c2nc(CCl)n(C(CN(C)C)C(C)C)c21. The molecular weight excluding hydrogens is 286 g/mol. The minimum Gasteiger partial charge on any atom is -0.307 e. The highest BCUT2D eigenvalue weighted by Gasteiger charge is 2.25. The van der Waals surface area contributed by atoms with Crippen molar-refractivity contribution >= 4 is 22.8 Å². The predicted octanol–water partition coefficient (Wildman–Crippen LogP) is 3.06. The van der Waals surface area contributed by atoms with Crippen molar-refractivity contribution in [2.24, 2.45) is 5.92 Å². The molecule has 0 aliphatic heterocycles. The van der Waals surface area contributed by atoms with Crippen LogP contribution in [0.1, 0.15) is 38.3 Å². The lowest BCUT2D eigenvalue weighted by atomic mass is 10.0. The minimum absolute atomic E-state index is 0.333. The van der Waals surface area contributed by atoms with Gasteiger partial charge in [-0.2, -0.15) is 5.10 Å². The molecule has 5 nitrogen and oxygen atoms in total. The van der Waals surface area contributed by atoms with Crippen molar-refractivity contribution in [1.29, 1.82) is 0 Å². The van der Waals surface area contributed by atoms with Gasteiger partial charge in [0, 0.05) is 13.1 Å². The van der Waals surface area contributed by atoms with Gasteiger partial charge >= 0.3 is 0 Å². The Morgan fingerprint density at radius 3 is 2.43 bits per heavy atom. The number of hydrogen-bond acceptors (Lipinski definition) is 3. The van der Waals surface area contributed by atoms with Crippen LogP contribution in [0, 0.1) is 12.8 Å². The number of halogens is 1. The van der Waals surface area contributed by atoms with E-state index in [1.54, 1.807) is 0 Å². The molecule has 2 aromatic rings. The van der Waals surface area contributed by atoms with Gasteiger partial charge in [0.05, 0.1) is 17.6 Å². The third-order valence-electron chi connectivity index (χ3n) is 3.89. The van der Waals surface area contributed by atoms with E-state index in [1.165, 1.54) is 0 Å². The summed E-state index contributed by atoms with van der Waals surface area (Å²) in [4.78, 5) is 6.96. The number of rotatable bonds is 6. The van der Waals surface area contributed by atoms with Gasteiger partial charge in [-0.15, -0.1) is 11.6 Å². The molecular formula is C15H26ClN5. The molecule has 118 valence electrons. The lowest BCUT2D eigenvalue weighted by Crippen LogP contribution is -2.29. The molecule has 0 aliphatic carbocycles. The fourth-order valence-corrected chi connectivity index (χ4v) is 3.05. The van der Waals surface area contributed by atoms with Crippen molar-refractivity contribution in [2.75, 3.05) is 20.6 Å². The van der Waals surface area contributed by atoms with Gasteiger partial charge in [0.2, 0.25) is 0 Å². The zero-order valence-electron chi connectivity index (χ0n) is 13.9. The third-order valence-corrected chi connectivity index (χ3v) is 4.13. The molecule has 0 N–H and O–H groups in total. The number of aryl methyl sites for hydroxylation is 2. The third kappa shape index (κ3) is 2.94. The summed E-state index contributed by atoms with van der Waals surface area (Å²) in [6.07, 6.45) is 0. The highest BCUT2D eigenvalue weighted by molar-refractivity contribution is 6.16. The van der Waals surface area contributed by atoms with Crippen LogP contribution in [-0.4, -0.2) is 44.9 Å². The zero-order valence-corrected chi connectivity index (χ0v) is 14.6. The molecule has 1 atom stereocenters. The van der Waals surface area contributed by atoms with Gasteiger partial charge in [-0.3, -0.25) is 0 Å². The van der Waals surface area contributed by atoms with Crippen molar-refractivity contribution in [3.05, 3.63) is 11.5 Å². The molecule has 0 aliphatic rings. The molecule has 0 saturated carbocycles. The normalized spacial score (nSPS) is 13.8. The molecule has 1 unspecified atom stereocenters. The quantitative estimate of drug-likeness (QED) is 0.770. The van der Waals surface area contributed by atoms with E-state index >= 15 is 0 Å². The fourth-order valence-electron chi connectivity index (χ4n) is 2.86. The summed E-state index contributed by atoms with van der Waals surface area (Å²) in [6, 6.07) is 0.333. The van der Waals surface area contributed by atoms with Gasteiger partial charge in [-0.1, -0.05) is 13.8 Å². The second-order valence-electron chi connectivity index (χ2n) is 6.18. The van der Waals surface area contributed by atoms with Gasteiger partial charge in [0.25, 0.3) is 0 Å². The van der Waals surface area contributed by atoms with Crippen LogP contribution < -0.4 is 0 Å². The Bertz CT molecular complexity index is 611. The van der Waals surface area contributed by atoms with Crippen molar-refractivity contribution in [3.63, 3.8) is 0 Å². The Morgan fingerprint density at radius 2 is 1.95 bits per heavy atom. The summed E-state index contributed by atoms with van der Waals surface area (Å²) in [7, 11) is 4.21. The lowest BCUT2D eigenvalue weighted by Gasteiger charge is -2.28. The van der Waals surface area contributed by atoms with E-state index in [0.717, 1.165) is 35.8 Å². The van der Waals surface area contributed by atoms with Crippen LogP contribution in [0.15, 0.2) is 0 Å². The number of aromatic nitrogens is 4. The highest BCUT2D eigenvalue weighted by atomic mass is 35.5. The van der Waals surface area contributed by atoms with Crippen LogP contribution in [-0.2, 0) is 12.4 Å². The molecule has 2 rings (SSSR count). The van der Waals surface area contributed by atoms with Crippen molar-refractivity contribution in [1.82, 2.24) is 24.2 Å². The predicted molar refractivity (Wildman–Crippen MR) is 87.9 cm³/mol. The lowest BCUT2D eigenvalue weighted by molar-refractivity contribution is 0.268. The number of hydrogen-bond donors (Lipinski definition) is 0. The summed E-state index contributed by atoms with van der Waals surface area (Å²) in [5.74, 6) is 1.86. The maximum absolute atomic E-state index is 6.17. The van der Waals surface area contributed by atoms with E-state index in [2.05, 4.69) is 49.4 Å². The van der Waals surface area contributed by atoms with E-state index in [4.69, 9.17) is 16.6 Å². The second kappa shape index (κ2) is 6.36. The van der Waals surface area contributed by atoms with E-state index in [-0.39, 0.29) is 0 Å². The van der Waals surface area contributed by atoms with Gasteiger partial charge in [0.15, 0.2) is 5.65 Å². The van der Waals surface area contributed by atoms with Gasteiger partial charge in [0.1, 0.15) is 11.3 Å². The van der Waals surface area contributed by atoms with E-state index in [0.29, 0.717) is 17.8 Å².